The molecule has 3 nitrogen and oxygen atoms in total. The fraction of sp³-hybridized carbons (Fsp3) is 0.0667. The monoisotopic (exact) mass is 235 g/mol. The lowest BCUT2D eigenvalue weighted by molar-refractivity contribution is 1.08. The van der Waals surface area contributed by atoms with Crippen molar-refractivity contribution in [3.05, 3.63) is 54.6 Å². The molecule has 0 aliphatic carbocycles. The van der Waals surface area contributed by atoms with E-state index in [4.69, 9.17) is 0 Å². The molecule has 0 aliphatic heterocycles. The fourth-order valence-corrected chi connectivity index (χ4v) is 1.93. The molecule has 0 bridgehead atoms. The highest BCUT2D eigenvalue weighted by molar-refractivity contribution is 5.81. The molecule has 0 aliphatic rings. The largest absolute Gasteiger partial charge is 0.388 e. The lowest BCUT2D eigenvalue weighted by Gasteiger charge is -2.04. The summed E-state index contributed by atoms with van der Waals surface area (Å²) in [4.78, 5) is 0. The highest BCUT2D eigenvalue weighted by Crippen LogP contribution is 2.21. The molecular formula is C15H13N3. The van der Waals surface area contributed by atoms with Crippen LogP contribution in [0.1, 0.15) is 0 Å². The Labute approximate surface area is 105 Å². The maximum Gasteiger partial charge on any atom is 0.0936 e. The lowest BCUT2D eigenvalue weighted by atomic mass is 10.1. The van der Waals surface area contributed by atoms with Crippen LogP contribution in [0.3, 0.4) is 0 Å². The molecule has 0 atom stereocenters. The Bertz CT molecular complexity index is 675. The van der Waals surface area contributed by atoms with Crippen molar-refractivity contribution in [2.45, 2.75) is 0 Å². The SMILES string of the molecule is CNc1ccc(-c2cc3ccccc3nn2)cc1. The van der Waals surface area contributed by atoms with E-state index in [2.05, 4.69) is 27.6 Å². The summed E-state index contributed by atoms with van der Waals surface area (Å²) in [6.07, 6.45) is 0. The minimum absolute atomic E-state index is 0.899. The van der Waals surface area contributed by atoms with Crippen molar-refractivity contribution in [3.8, 4) is 11.3 Å². The van der Waals surface area contributed by atoms with Gasteiger partial charge in [0.2, 0.25) is 0 Å². The molecule has 3 heteroatoms. The van der Waals surface area contributed by atoms with Crippen molar-refractivity contribution in [2.24, 2.45) is 0 Å². The van der Waals surface area contributed by atoms with Crippen molar-refractivity contribution in [1.29, 1.82) is 0 Å². The first-order valence-electron chi connectivity index (χ1n) is 5.87. The molecule has 0 unspecified atom stereocenters. The highest BCUT2D eigenvalue weighted by atomic mass is 15.1. The zero-order chi connectivity index (χ0) is 12.4. The summed E-state index contributed by atoms with van der Waals surface area (Å²) in [5.74, 6) is 0. The number of nitrogens with zero attached hydrogens (tertiary/aromatic N) is 2. The van der Waals surface area contributed by atoms with Gasteiger partial charge in [0, 0.05) is 23.7 Å². The van der Waals surface area contributed by atoms with Crippen LogP contribution in [-0.4, -0.2) is 17.2 Å². The first kappa shape index (κ1) is 10.7. The molecule has 18 heavy (non-hydrogen) atoms. The molecule has 0 saturated heterocycles. The molecule has 0 fully saturated rings. The molecule has 1 heterocycles. The van der Waals surface area contributed by atoms with E-state index >= 15 is 0 Å². The maximum absolute atomic E-state index is 4.26. The van der Waals surface area contributed by atoms with E-state index in [0.717, 1.165) is 27.8 Å². The second-order valence-electron chi connectivity index (χ2n) is 4.12. The molecule has 2 aromatic carbocycles. The number of rotatable bonds is 2. The third-order valence-corrected chi connectivity index (χ3v) is 2.96. The van der Waals surface area contributed by atoms with Crippen molar-refractivity contribution in [3.63, 3.8) is 0 Å². The average molecular weight is 235 g/mol. The van der Waals surface area contributed by atoms with Gasteiger partial charge in [0.25, 0.3) is 0 Å². The van der Waals surface area contributed by atoms with Crippen LogP contribution in [0.2, 0.25) is 0 Å². The predicted molar refractivity (Wildman–Crippen MR) is 74.5 cm³/mol. The number of fused-ring (bicyclic) bond motifs is 1. The first-order valence-corrected chi connectivity index (χ1v) is 5.87. The normalized spacial score (nSPS) is 10.5. The molecule has 0 radical (unpaired) electrons. The summed E-state index contributed by atoms with van der Waals surface area (Å²) in [6.45, 7) is 0. The van der Waals surface area contributed by atoms with Crippen LogP contribution in [0, 0.1) is 0 Å². The van der Waals surface area contributed by atoms with Crippen molar-refractivity contribution < 1.29 is 0 Å². The molecular weight excluding hydrogens is 222 g/mol. The van der Waals surface area contributed by atoms with E-state index in [9.17, 15) is 0 Å². The Kier molecular flexibility index (Phi) is 2.65. The van der Waals surface area contributed by atoms with E-state index in [1.165, 1.54) is 0 Å². The fourth-order valence-electron chi connectivity index (χ4n) is 1.93. The molecule has 0 saturated carbocycles. The minimum Gasteiger partial charge on any atom is -0.388 e. The summed E-state index contributed by atoms with van der Waals surface area (Å²) in [6, 6.07) is 18.2. The molecule has 0 spiro atoms. The molecule has 0 amide bonds. The number of nitrogens with one attached hydrogen (secondary N) is 1. The van der Waals surface area contributed by atoms with E-state index in [1.54, 1.807) is 0 Å². The molecule has 3 aromatic rings. The maximum atomic E-state index is 4.26. The van der Waals surface area contributed by atoms with Crippen LogP contribution in [0.5, 0.6) is 0 Å². The average Bonchev–Trinajstić information content (AvgIpc) is 2.47. The Morgan fingerprint density at radius 1 is 0.889 bits per heavy atom. The molecule has 1 aromatic heterocycles. The van der Waals surface area contributed by atoms with Crippen molar-refractivity contribution in [2.75, 3.05) is 12.4 Å². The Morgan fingerprint density at radius 3 is 2.44 bits per heavy atom. The summed E-state index contributed by atoms with van der Waals surface area (Å²) in [7, 11) is 1.91. The van der Waals surface area contributed by atoms with Crippen LogP contribution in [0.25, 0.3) is 22.2 Å². The summed E-state index contributed by atoms with van der Waals surface area (Å²) < 4.78 is 0. The van der Waals surface area contributed by atoms with Gasteiger partial charge in [-0.05, 0) is 24.3 Å². The number of hydrogen-bond donors (Lipinski definition) is 1. The zero-order valence-corrected chi connectivity index (χ0v) is 10.1. The van der Waals surface area contributed by atoms with Gasteiger partial charge in [-0.3, -0.25) is 0 Å². The van der Waals surface area contributed by atoms with Crippen LogP contribution in [0.4, 0.5) is 5.69 Å². The summed E-state index contributed by atoms with van der Waals surface area (Å²) in [5, 5.41) is 12.7. The van der Waals surface area contributed by atoms with Gasteiger partial charge >= 0.3 is 0 Å². The van der Waals surface area contributed by atoms with Crippen molar-refractivity contribution >= 4 is 16.6 Å². The van der Waals surface area contributed by atoms with Gasteiger partial charge in [0.05, 0.1) is 11.2 Å². The lowest BCUT2D eigenvalue weighted by Crippen LogP contribution is -1.90. The predicted octanol–water partition coefficient (Wildman–Crippen LogP) is 3.34. The second kappa shape index (κ2) is 4.45. The second-order valence-corrected chi connectivity index (χ2v) is 4.12. The Morgan fingerprint density at radius 2 is 1.67 bits per heavy atom. The highest BCUT2D eigenvalue weighted by Gasteiger charge is 2.02. The van der Waals surface area contributed by atoms with Gasteiger partial charge in [-0.15, -0.1) is 10.2 Å². The molecule has 3 rings (SSSR count). The Balaban J connectivity index is 2.07. The van der Waals surface area contributed by atoms with Crippen LogP contribution in [0.15, 0.2) is 54.6 Å². The molecule has 1 N–H and O–H groups in total. The van der Waals surface area contributed by atoms with E-state index < -0.39 is 0 Å². The van der Waals surface area contributed by atoms with Crippen LogP contribution in [-0.2, 0) is 0 Å². The number of anilines is 1. The number of aromatic nitrogens is 2. The van der Waals surface area contributed by atoms with E-state index in [0.29, 0.717) is 0 Å². The Hall–Kier alpha value is -2.42. The van der Waals surface area contributed by atoms with E-state index in [1.807, 2.05) is 49.5 Å². The standard InChI is InChI=1S/C15H13N3/c1-16-13-8-6-11(7-9-13)15-10-12-4-2-3-5-14(12)17-18-15/h2-10,16H,1H3. The first-order chi connectivity index (χ1) is 8.86. The van der Waals surface area contributed by atoms with Gasteiger partial charge in [-0.2, -0.15) is 0 Å². The quantitative estimate of drug-likeness (QED) is 0.740. The number of benzene rings is 2. The smallest absolute Gasteiger partial charge is 0.0936 e. The van der Waals surface area contributed by atoms with Crippen LogP contribution >= 0.6 is 0 Å². The third-order valence-electron chi connectivity index (χ3n) is 2.96. The number of hydrogen-bond acceptors (Lipinski definition) is 3. The van der Waals surface area contributed by atoms with Crippen LogP contribution < -0.4 is 5.32 Å². The summed E-state index contributed by atoms with van der Waals surface area (Å²) in [5.41, 5.74) is 3.99. The third kappa shape index (κ3) is 1.91. The van der Waals surface area contributed by atoms with Crippen molar-refractivity contribution in [1.82, 2.24) is 10.2 Å². The van der Waals surface area contributed by atoms with E-state index in [-0.39, 0.29) is 0 Å². The molecule has 88 valence electrons. The topological polar surface area (TPSA) is 37.8 Å². The zero-order valence-electron chi connectivity index (χ0n) is 10.1. The minimum atomic E-state index is 0.899. The van der Waals surface area contributed by atoms with Gasteiger partial charge in [0.15, 0.2) is 0 Å². The van der Waals surface area contributed by atoms with Gasteiger partial charge in [-0.1, -0.05) is 30.3 Å². The van der Waals surface area contributed by atoms with Gasteiger partial charge in [-0.25, -0.2) is 0 Å². The van der Waals surface area contributed by atoms with Gasteiger partial charge in [0.1, 0.15) is 0 Å². The van der Waals surface area contributed by atoms with Gasteiger partial charge < -0.3 is 5.32 Å². The summed E-state index contributed by atoms with van der Waals surface area (Å²) >= 11 is 0.